The SMILES string of the molecule is CCCCCCCCCCC[SiH](OC)O[Si](CCCCCCCCCCO)(OC)O[Si](CCCCCCCCCCC)(OC)O[Si](CCCCCCCCCCO)(OC)OC. The average molecular weight is 942 g/mol. The Bertz CT molecular complexity index is 896. The van der Waals surface area contributed by atoms with Gasteiger partial charge in [0.1, 0.15) is 0 Å². The van der Waals surface area contributed by atoms with Crippen molar-refractivity contribution in [1.29, 1.82) is 0 Å². The minimum atomic E-state index is -3.47. The smallest absolute Gasteiger partial charge is 0.400 e. The predicted octanol–water partition coefficient (Wildman–Crippen LogP) is 13.6. The first-order chi connectivity index (χ1) is 29.8. The van der Waals surface area contributed by atoms with Crippen LogP contribution in [0.15, 0.2) is 0 Å². The lowest BCUT2D eigenvalue weighted by Crippen LogP contribution is -2.64. The van der Waals surface area contributed by atoms with Gasteiger partial charge in [-0.05, 0) is 38.1 Å². The minimum Gasteiger partial charge on any atom is -0.400 e. The van der Waals surface area contributed by atoms with Gasteiger partial charge >= 0.3 is 35.7 Å². The molecule has 0 saturated heterocycles. The topological polar surface area (TPSA) is 114 Å². The molecule has 0 saturated carbocycles. The fraction of sp³-hybridized carbons (Fsp3) is 1.00. The molecule has 3 atom stereocenters. The van der Waals surface area contributed by atoms with Crippen molar-refractivity contribution in [3.8, 4) is 0 Å². The normalized spacial score (nSPS) is 14.7. The first-order valence-corrected chi connectivity index (χ1v) is 33.4. The molecule has 0 radical (unpaired) electrons. The molecule has 0 aromatic rings. The van der Waals surface area contributed by atoms with Gasteiger partial charge in [-0.3, -0.25) is 0 Å². The summed E-state index contributed by atoms with van der Waals surface area (Å²) in [6.07, 6.45) is 40.2. The zero-order valence-electron chi connectivity index (χ0n) is 41.5. The van der Waals surface area contributed by atoms with Crippen LogP contribution in [-0.2, 0) is 34.5 Å². The van der Waals surface area contributed by atoms with Crippen molar-refractivity contribution in [2.24, 2.45) is 0 Å². The number of hydrogen-bond donors (Lipinski definition) is 2. The van der Waals surface area contributed by atoms with E-state index in [2.05, 4.69) is 13.8 Å². The summed E-state index contributed by atoms with van der Waals surface area (Å²) < 4.78 is 53.7. The van der Waals surface area contributed by atoms with Crippen LogP contribution in [0.3, 0.4) is 0 Å². The fourth-order valence-electron chi connectivity index (χ4n) is 8.26. The van der Waals surface area contributed by atoms with Gasteiger partial charge in [0.25, 0.3) is 0 Å². The third-order valence-corrected chi connectivity index (χ3v) is 26.6. The number of hydrogen-bond acceptors (Lipinski definition) is 10. The number of aliphatic hydroxyl groups is 2. The van der Waals surface area contributed by atoms with E-state index in [-0.39, 0.29) is 13.2 Å². The summed E-state index contributed by atoms with van der Waals surface area (Å²) in [5.41, 5.74) is 0. The van der Waals surface area contributed by atoms with Crippen LogP contribution in [0.25, 0.3) is 0 Å². The van der Waals surface area contributed by atoms with Crippen LogP contribution in [0.2, 0.25) is 24.2 Å². The maximum atomic E-state index is 9.16. The monoisotopic (exact) mass is 941 g/mol. The second-order valence-electron chi connectivity index (χ2n) is 17.7. The van der Waals surface area contributed by atoms with E-state index in [1.165, 1.54) is 135 Å². The van der Waals surface area contributed by atoms with Crippen LogP contribution >= 0.6 is 0 Å². The first-order valence-electron chi connectivity index (χ1n) is 25.9. The highest BCUT2D eigenvalue weighted by Gasteiger charge is 2.58. The molecule has 0 heterocycles. The van der Waals surface area contributed by atoms with Crippen LogP contribution in [-0.4, -0.2) is 94.7 Å². The van der Waals surface area contributed by atoms with Crippen LogP contribution in [0, 0.1) is 0 Å². The molecule has 0 rings (SSSR count). The Hall–Kier alpha value is 0.468. The van der Waals surface area contributed by atoms with Crippen molar-refractivity contribution in [1.82, 2.24) is 0 Å². The summed E-state index contributed by atoms with van der Waals surface area (Å²) in [6, 6.07) is 3.00. The third kappa shape index (κ3) is 33.6. The molecule has 14 heteroatoms. The van der Waals surface area contributed by atoms with Gasteiger partial charge in [-0.1, -0.05) is 200 Å². The quantitative estimate of drug-likeness (QED) is 0.0451. The molecule has 0 aromatic heterocycles. The molecule has 0 aliphatic heterocycles. The Balaban J connectivity index is 6.18. The van der Waals surface area contributed by atoms with E-state index in [0.29, 0.717) is 18.1 Å². The largest absolute Gasteiger partial charge is 0.493 e. The second-order valence-corrected chi connectivity index (χ2v) is 29.4. The highest BCUT2D eigenvalue weighted by Crippen LogP contribution is 2.34. The van der Waals surface area contributed by atoms with Crippen molar-refractivity contribution in [3.63, 3.8) is 0 Å². The lowest BCUT2D eigenvalue weighted by molar-refractivity contribution is 0.0761. The Labute approximate surface area is 384 Å². The van der Waals surface area contributed by atoms with E-state index in [1.54, 1.807) is 35.5 Å². The van der Waals surface area contributed by atoms with Crippen LogP contribution < -0.4 is 0 Å². The number of rotatable bonds is 51. The lowest BCUT2D eigenvalue weighted by Gasteiger charge is -2.42. The summed E-state index contributed by atoms with van der Waals surface area (Å²) in [4.78, 5) is 0. The molecule has 0 aliphatic carbocycles. The summed E-state index contributed by atoms with van der Waals surface area (Å²) in [7, 11) is -3.38. The van der Waals surface area contributed by atoms with Crippen LogP contribution in [0.5, 0.6) is 0 Å². The van der Waals surface area contributed by atoms with Crippen LogP contribution in [0.4, 0.5) is 0 Å². The average Bonchev–Trinajstić information content (AvgIpc) is 3.28. The summed E-state index contributed by atoms with van der Waals surface area (Å²) in [6.45, 7) is 5.13. The van der Waals surface area contributed by atoms with E-state index < -0.39 is 35.7 Å². The Morgan fingerprint density at radius 2 is 0.607 bits per heavy atom. The molecule has 0 amide bonds. The first kappa shape index (κ1) is 61.5. The maximum absolute atomic E-state index is 9.16. The molecule has 61 heavy (non-hydrogen) atoms. The molecule has 0 aromatic carbocycles. The number of aliphatic hydroxyl groups excluding tert-OH is 2. The summed E-state index contributed by atoms with van der Waals surface area (Å²) in [5.74, 6) is 0. The zero-order chi connectivity index (χ0) is 45.0. The summed E-state index contributed by atoms with van der Waals surface area (Å²) >= 11 is 0. The Morgan fingerprint density at radius 1 is 0.328 bits per heavy atom. The fourth-order valence-corrected chi connectivity index (χ4v) is 23.7. The molecule has 0 bridgehead atoms. The van der Waals surface area contributed by atoms with E-state index in [1.807, 2.05) is 0 Å². The molecule has 3 unspecified atom stereocenters. The van der Waals surface area contributed by atoms with Crippen molar-refractivity contribution >= 4 is 35.7 Å². The molecule has 0 spiro atoms. The minimum absolute atomic E-state index is 0.287. The lowest BCUT2D eigenvalue weighted by atomic mass is 10.1. The molecule has 0 aliphatic rings. The molecule has 2 N–H and O–H groups in total. The number of unbranched alkanes of at least 4 members (excludes halogenated alkanes) is 30. The van der Waals surface area contributed by atoms with Crippen molar-refractivity contribution in [2.75, 3.05) is 48.8 Å². The van der Waals surface area contributed by atoms with E-state index in [9.17, 15) is 0 Å². The molecule has 0 fully saturated rings. The Kier molecular flexibility index (Phi) is 44.7. The second kappa shape index (κ2) is 44.3. The van der Waals surface area contributed by atoms with Gasteiger partial charge in [-0.2, -0.15) is 0 Å². The highest BCUT2D eigenvalue weighted by molar-refractivity contribution is 6.82. The molecular formula is C47H104O10Si4. The van der Waals surface area contributed by atoms with Crippen LogP contribution in [0.1, 0.15) is 232 Å². The van der Waals surface area contributed by atoms with Gasteiger partial charge in [0, 0.05) is 66.9 Å². The van der Waals surface area contributed by atoms with Gasteiger partial charge in [0.05, 0.1) is 0 Å². The standard InChI is InChI=1S/C47H104O10Si4/c1-8-10-12-14-16-20-26-32-38-44-58(50-3)55-60(53-6,46-40-34-28-23-19-25-31-37-43-49)57-61(54-7,47-41-35-29-21-17-15-13-11-9-2)56-59(51-4,52-5)45-39-33-27-22-18-24-30-36-42-48/h48-49,58H,8-47H2,1-7H3. The van der Waals surface area contributed by atoms with Gasteiger partial charge in [-0.25, -0.2) is 0 Å². The molecule has 10 nitrogen and oxygen atoms in total. The molecule has 368 valence electrons. The van der Waals surface area contributed by atoms with Crippen molar-refractivity contribution in [3.05, 3.63) is 0 Å². The Morgan fingerprint density at radius 3 is 0.934 bits per heavy atom. The van der Waals surface area contributed by atoms with Crippen molar-refractivity contribution in [2.45, 2.75) is 256 Å². The highest BCUT2D eigenvalue weighted by atomic mass is 28.5. The summed E-state index contributed by atoms with van der Waals surface area (Å²) in [5, 5.41) is 18.3. The van der Waals surface area contributed by atoms with Gasteiger partial charge in [0.15, 0.2) is 0 Å². The van der Waals surface area contributed by atoms with E-state index in [4.69, 9.17) is 44.7 Å². The van der Waals surface area contributed by atoms with E-state index >= 15 is 0 Å². The zero-order valence-corrected chi connectivity index (χ0v) is 45.7. The van der Waals surface area contributed by atoms with E-state index in [0.717, 1.165) is 89.5 Å². The van der Waals surface area contributed by atoms with Gasteiger partial charge in [-0.15, -0.1) is 0 Å². The molecular weight excluding hydrogens is 837 g/mol. The van der Waals surface area contributed by atoms with Crippen molar-refractivity contribution < 1.29 is 44.7 Å². The van der Waals surface area contributed by atoms with Gasteiger partial charge < -0.3 is 44.7 Å². The predicted molar refractivity (Wildman–Crippen MR) is 264 cm³/mol. The third-order valence-electron chi connectivity index (χ3n) is 12.4. The van der Waals surface area contributed by atoms with Gasteiger partial charge in [0.2, 0.25) is 0 Å². The maximum Gasteiger partial charge on any atom is 0.493 e.